The van der Waals surface area contributed by atoms with Gasteiger partial charge in [0, 0.05) is 6.54 Å². The van der Waals surface area contributed by atoms with Crippen LogP contribution in [0.1, 0.15) is 31.7 Å². The minimum atomic E-state index is -0.442. The first-order valence-electron chi connectivity index (χ1n) is 6.93. The van der Waals surface area contributed by atoms with Crippen molar-refractivity contribution in [1.82, 2.24) is 5.32 Å². The van der Waals surface area contributed by atoms with Gasteiger partial charge in [0.15, 0.2) is 0 Å². The summed E-state index contributed by atoms with van der Waals surface area (Å²) in [4.78, 5) is 12.5. The molecule has 0 spiro atoms. The van der Waals surface area contributed by atoms with Gasteiger partial charge < -0.3 is 11.1 Å². The van der Waals surface area contributed by atoms with Crippen molar-refractivity contribution < 1.29 is 4.79 Å². The van der Waals surface area contributed by atoms with E-state index in [1.54, 1.807) is 6.07 Å². The number of rotatable bonds is 5. The molecule has 1 aromatic rings. The molecule has 1 aliphatic rings. The lowest BCUT2D eigenvalue weighted by atomic mass is 9.64. The molecule has 0 heterocycles. The van der Waals surface area contributed by atoms with Crippen LogP contribution in [0.25, 0.3) is 0 Å². The molecule has 6 heteroatoms. The van der Waals surface area contributed by atoms with E-state index in [-0.39, 0.29) is 24.2 Å². The molecule has 0 bridgehead atoms. The molecule has 2 rings (SSSR count). The highest BCUT2D eigenvalue weighted by atomic mass is 35.5. The van der Waals surface area contributed by atoms with Gasteiger partial charge in [-0.2, -0.15) is 0 Å². The summed E-state index contributed by atoms with van der Waals surface area (Å²) >= 11 is 12.0. The zero-order chi connectivity index (χ0) is 14.8. The van der Waals surface area contributed by atoms with Gasteiger partial charge in [0.2, 0.25) is 5.91 Å². The summed E-state index contributed by atoms with van der Waals surface area (Å²) in [6, 6.07) is 5.48. The van der Waals surface area contributed by atoms with E-state index in [0.717, 1.165) is 24.8 Å². The quantitative estimate of drug-likeness (QED) is 0.852. The smallest absolute Gasteiger partial charge is 0.230 e. The van der Waals surface area contributed by atoms with Crippen molar-refractivity contribution in [2.45, 2.75) is 31.6 Å². The van der Waals surface area contributed by atoms with E-state index in [1.807, 2.05) is 19.1 Å². The Labute approximate surface area is 142 Å². The Morgan fingerprint density at radius 2 is 2.05 bits per heavy atom. The number of nitrogens with two attached hydrogens (primary N) is 1. The summed E-state index contributed by atoms with van der Waals surface area (Å²) in [7, 11) is 0. The Morgan fingerprint density at radius 3 is 2.52 bits per heavy atom. The topological polar surface area (TPSA) is 55.1 Å². The largest absolute Gasteiger partial charge is 0.355 e. The number of nitrogens with one attached hydrogen (secondary N) is 1. The van der Waals surface area contributed by atoms with Gasteiger partial charge in [-0.05, 0) is 43.0 Å². The predicted octanol–water partition coefficient (Wildman–Crippen LogP) is 3.55. The van der Waals surface area contributed by atoms with Crippen molar-refractivity contribution in [2.75, 3.05) is 13.1 Å². The lowest BCUT2D eigenvalue weighted by Gasteiger charge is -2.41. The van der Waals surface area contributed by atoms with Gasteiger partial charge >= 0.3 is 0 Å². The van der Waals surface area contributed by atoms with Crippen LogP contribution < -0.4 is 11.1 Å². The van der Waals surface area contributed by atoms with E-state index in [9.17, 15) is 4.79 Å². The zero-order valence-electron chi connectivity index (χ0n) is 12.0. The molecular weight excluding hydrogens is 331 g/mol. The third kappa shape index (κ3) is 3.84. The first kappa shape index (κ1) is 18.6. The summed E-state index contributed by atoms with van der Waals surface area (Å²) in [6.45, 7) is 3.20. The summed E-state index contributed by atoms with van der Waals surface area (Å²) in [6.07, 6.45) is 2.77. The first-order chi connectivity index (χ1) is 9.49. The van der Waals surface area contributed by atoms with E-state index in [4.69, 9.17) is 28.9 Å². The van der Waals surface area contributed by atoms with Gasteiger partial charge in [-0.25, -0.2) is 0 Å². The van der Waals surface area contributed by atoms with E-state index < -0.39 is 5.41 Å². The monoisotopic (exact) mass is 350 g/mol. The van der Waals surface area contributed by atoms with Crippen molar-refractivity contribution in [3.63, 3.8) is 0 Å². The lowest BCUT2D eigenvalue weighted by Crippen LogP contribution is -2.50. The van der Waals surface area contributed by atoms with Gasteiger partial charge in [-0.15, -0.1) is 12.4 Å². The van der Waals surface area contributed by atoms with Crippen LogP contribution >= 0.6 is 35.6 Å². The van der Waals surface area contributed by atoms with Gasteiger partial charge in [0.1, 0.15) is 0 Å². The standard InChI is InChI=1S/C15H20Cl2N2O.ClH/c1-10(8-18)9-19-14(20)15(5-2-6-15)11-3-4-12(16)13(17)7-11;/h3-4,7,10H,2,5-6,8-9,18H2,1H3,(H,19,20);1H. The van der Waals surface area contributed by atoms with Crippen molar-refractivity contribution in [3.8, 4) is 0 Å². The number of carbonyl (C=O) groups is 1. The van der Waals surface area contributed by atoms with Crippen LogP contribution in [0.2, 0.25) is 10.0 Å². The number of hydrogen-bond donors (Lipinski definition) is 2. The Balaban J connectivity index is 0.00000220. The molecule has 1 unspecified atom stereocenters. The predicted molar refractivity (Wildman–Crippen MR) is 90.5 cm³/mol. The minimum Gasteiger partial charge on any atom is -0.355 e. The highest BCUT2D eigenvalue weighted by Gasteiger charge is 2.45. The fourth-order valence-electron chi connectivity index (χ4n) is 2.49. The molecular formula is C15H21Cl3N2O. The molecule has 118 valence electrons. The number of carbonyl (C=O) groups excluding carboxylic acids is 1. The van der Waals surface area contributed by atoms with Gasteiger partial charge in [-0.3, -0.25) is 4.79 Å². The summed E-state index contributed by atoms with van der Waals surface area (Å²) in [5.74, 6) is 0.354. The second-order valence-electron chi connectivity index (χ2n) is 5.62. The van der Waals surface area contributed by atoms with Crippen molar-refractivity contribution in [3.05, 3.63) is 33.8 Å². The minimum absolute atomic E-state index is 0. The summed E-state index contributed by atoms with van der Waals surface area (Å²) < 4.78 is 0. The van der Waals surface area contributed by atoms with Gasteiger partial charge in [0.05, 0.1) is 15.5 Å². The summed E-state index contributed by atoms with van der Waals surface area (Å²) in [5.41, 5.74) is 6.09. The Hall–Kier alpha value is -0.480. The number of amides is 1. The van der Waals surface area contributed by atoms with Crippen LogP contribution in [0.3, 0.4) is 0 Å². The van der Waals surface area contributed by atoms with Crippen LogP contribution in [-0.2, 0) is 10.2 Å². The van der Waals surface area contributed by atoms with E-state index in [2.05, 4.69) is 5.32 Å². The van der Waals surface area contributed by atoms with Crippen molar-refractivity contribution in [1.29, 1.82) is 0 Å². The maximum Gasteiger partial charge on any atom is 0.230 e. The lowest BCUT2D eigenvalue weighted by molar-refractivity contribution is -0.130. The highest BCUT2D eigenvalue weighted by Crippen LogP contribution is 2.45. The molecule has 3 N–H and O–H groups in total. The molecule has 0 radical (unpaired) electrons. The van der Waals surface area contributed by atoms with Crippen molar-refractivity contribution >= 4 is 41.5 Å². The second-order valence-corrected chi connectivity index (χ2v) is 6.43. The van der Waals surface area contributed by atoms with Gasteiger partial charge in [-0.1, -0.05) is 42.6 Å². The third-order valence-corrected chi connectivity index (χ3v) is 4.87. The fourth-order valence-corrected chi connectivity index (χ4v) is 2.79. The molecule has 21 heavy (non-hydrogen) atoms. The number of halogens is 3. The SMILES string of the molecule is CC(CN)CNC(=O)C1(c2ccc(Cl)c(Cl)c2)CCC1.Cl. The molecule has 3 nitrogen and oxygen atoms in total. The molecule has 1 aromatic carbocycles. The average molecular weight is 352 g/mol. The molecule has 0 saturated heterocycles. The van der Waals surface area contributed by atoms with E-state index in [1.165, 1.54) is 0 Å². The van der Waals surface area contributed by atoms with E-state index >= 15 is 0 Å². The van der Waals surface area contributed by atoms with Crippen LogP contribution in [0.4, 0.5) is 0 Å². The zero-order valence-corrected chi connectivity index (χ0v) is 14.3. The molecule has 1 fully saturated rings. The first-order valence-corrected chi connectivity index (χ1v) is 7.69. The van der Waals surface area contributed by atoms with Crippen molar-refractivity contribution in [2.24, 2.45) is 11.7 Å². The normalized spacial score (nSPS) is 17.3. The average Bonchev–Trinajstić information content (AvgIpc) is 2.38. The van der Waals surface area contributed by atoms with Crippen LogP contribution in [0.5, 0.6) is 0 Å². The second kappa shape index (κ2) is 7.68. The van der Waals surface area contributed by atoms with Crippen LogP contribution in [0, 0.1) is 5.92 Å². The molecule has 1 amide bonds. The maximum absolute atomic E-state index is 12.5. The van der Waals surface area contributed by atoms with Crippen LogP contribution in [0.15, 0.2) is 18.2 Å². The van der Waals surface area contributed by atoms with Crippen LogP contribution in [-0.4, -0.2) is 19.0 Å². The number of hydrogen-bond acceptors (Lipinski definition) is 2. The number of benzene rings is 1. The Bertz CT molecular complexity index is 504. The molecule has 1 atom stereocenters. The third-order valence-electron chi connectivity index (χ3n) is 4.13. The molecule has 1 saturated carbocycles. The Morgan fingerprint density at radius 1 is 1.38 bits per heavy atom. The van der Waals surface area contributed by atoms with Gasteiger partial charge in [0.25, 0.3) is 0 Å². The fraction of sp³-hybridized carbons (Fsp3) is 0.533. The highest BCUT2D eigenvalue weighted by molar-refractivity contribution is 6.42. The summed E-state index contributed by atoms with van der Waals surface area (Å²) in [5, 5.41) is 4.03. The maximum atomic E-state index is 12.5. The molecule has 0 aliphatic heterocycles. The molecule has 1 aliphatic carbocycles. The molecule has 0 aromatic heterocycles. The van der Waals surface area contributed by atoms with E-state index in [0.29, 0.717) is 23.1 Å². The Kier molecular flexibility index (Phi) is 6.79.